The lowest BCUT2D eigenvalue weighted by Crippen LogP contribution is -2.37. The molecule has 3 N–H and O–H groups in total. The van der Waals surface area contributed by atoms with E-state index < -0.39 is 18.4 Å². The van der Waals surface area contributed by atoms with Gasteiger partial charge in [-0.15, -0.1) is 0 Å². The number of hydrogen-bond donors (Lipinski definition) is 3. The van der Waals surface area contributed by atoms with Crippen LogP contribution < -0.4 is 10.6 Å². The molecule has 2 amide bonds. The van der Waals surface area contributed by atoms with Gasteiger partial charge in [0.2, 0.25) is 11.8 Å². The van der Waals surface area contributed by atoms with E-state index in [0.29, 0.717) is 25.7 Å². The molecule has 1 aliphatic carbocycles. The summed E-state index contributed by atoms with van der Waals surface area (Å²) in [5.41, 5.74) is 0. The number of aliphatic carboxylic acids is 1. The quantitative estimate of drug-likeness (QED) is 0.544. The Morgan fingerprint density at radius 1 is 0.875 bits per heavy atom. The van der Waals surface area contributed by atoms with Gasteiger partial charge >= 0.3 is 5.97 Å². The van der Waals surface area contributed by atoms with Crippen LogP contribution in [0.4, 0.5) is 0 Å². The SMILES string of the molecule is CC(=O)C1CCC(C(=O)NCC(=O)CCC(=O)NCC(=O)O)CC1. The monoisotopic (exact) mass is 340 g/mol. The van der Waals surface area contributed by atoms with Crippen molar-refractivity contribution in [3.8, 4) is 0 Å². The van der Waals surface area contributed by atoms with E-state index in [9.17, 15) is 24.0 Å². The molecule has 0 unspecified atom stereocenters. The van der Waals surface area contributed by atoms with Crippen molar-refractivity contribution in [1.29, 1.82) is 0 Å². The fourth-order valence-electron chi connectivity index (χ4n) is 2.70. The second-order valence-corrected chi connectivity index (χ2v) is 6.09. The van der Waals surface area contributed by atoms with Crippen molar-refractivity contribution in [2.75, 3.05) is 13.1 Å². The lowest BCUT2D eigenvalue weighted by molar-refractivity contribution is -0.138. The van der Waals surface area contributed by atoms with Crippen LogP contribution in [0.25, 0.3) is 0 Å². The van der Waals surface area contributed by atoms with Crippen LogP contribution in [0.2, 0.25) is 0 Å². The Hall–Kier alpha value is -2.25. The van der Waals surface area contributed by atoms with Gasteiger partial charge in [-0.1, -0.05) is 0 Å². The van der Waals surface area contributed by atoms with E-state index in [2.05, 4.69) is 10.6 Å². The molecule has 0 saturated heterocycles. The van der Waals surface area contributed by atoms with Gasteiger partial charge in [0.15, 0.2) is 5.78 Å². The second-order valence-electron chi connectivity index (χ2n) is 6.09. The molecule has 0 heterocycles. The maximum atomic E-state index is 12.0. The minimum Gasteiger partial charge on any atom is -0.480 e. The lowest BCUT2D eigenvalue weighted by Gasteiger charge is -2.26. The van der Waals surface area contributed by atoms with E-state index in [1.165, 1.54) is 0 Å². The van der Waals surface area contributed by atoms with Crippen LogP contribution in [-0.2, 0) is 24.0 Å². The first kappa shape index (κ1) is 19.8. The Bertz CT molecular complexity index is 509. The van der Waals surface area contributed by atoms with E-state index in [1.54, 1.807) is 6.92 Å². The number of carboxylic acid groups (broad SMARTS) is 1. The lowest BCUT2D eigenvalue weighted by atomic mass is 9.80. The van der Waals surface area contributed by atoms with Gasteiger partial charge in [0.25, 0.3) is 0 Å². The summed E-state index contributed by atoms with van der Waals surface area (Å²) in [5, 5.41) is 13.1. The smallest absolute Gasteiger partial charge is 0.322 e. The molecule has 1 saturated carbocycles. The third-order valence-electron chi connectivity index (χ3n) is 4.20. The summed E-state index contributed by atoms with van der Waals surface area (Å²) >= 11 is 0. The minimum absolute atomic E-state index is 0.0417. The molecule has 0 bridgehead atoms. The molecule has 0 spiro atoms. The predicted octanol–water partition coefficient (Wildman–Crippen LogP) is 0.0481. The number of carbonyl (C=O) groups is 5. The van der Waals surface area contributed by atoms with Crippen LogP contribution in [0.15, 0.2) is 0 Å². The third-order valence-corrected chi connectivity index (χ3v) is 4.20. The van der Waals surface area contributed by atoms with Gasteiger partial charge in [-0.05, 0) is 32.6 Å². The molecular weight excluding hydrogens is 316 g/mol. The number of amides is 2. The maximum Gasteiger partial charge on any atom is 0.322 e. The normalized spacial score (nSPS) is 20.0. The highest BCUT2D eigenvalue weighted by Crippen LogP contribution is 2.29. The number of Topliss-reactive ketones (excluding diaryl/α,β-unsaturated/α-hetero) is 2. The Labute approximate surface area is 140 Å². The molecule has 134 valence electrons. The minimum atomic E-state index is -1.15. The Morgan fingerprint density at radius 2 is 1.46 bits per heavy atom. The molecule has 0 aromatic carbocycles. The molecule has 1 fully saturated rings. The van der Waals surface area contributed by atoms with Crippen molar-refractivity contribution in [2.45, 2.75) is 45.4 Å². The highest BCUT2D eigenvalue weighted by Gasteiger charge is 2.28. The van der Waals surface area contributed by atoms with Gasteiger partial charge in [-0.3, -0.25) is 24.0 Å². The first-order chi connectivity index (χ1) is 11.3. The summed E-state index contributed by atoms with van der Waals surface area (Å²) in [4.78, 5) is 56.5. The van der Waals surface area contributed by atoms with E-state index >= 15 is 0 Å². The van der Waals surface area contributed by atoms with Gasteiger partial charge in [-0.25, -0.2) is 0 Å². The van der Waals surface area contributed by atoms with Crippen LogP contribution >= 0.6 is 0 Å². The molecule has 0 atom stereocenters. The van der Waals surface area contributed by atoms with Crippen molar-refractivity contribution >= 4 is 29.4 Å². The summed E-state index contributed by atoms with van der Waals surface area (Å²) < 4.78 is 0. The molecule has 0 aromatic rings. The Morgan fingerprint density at radius 3 is 2.00 bits per heavy atom. The molecule has 8 nitrogen and oxygen atoms in total. The van der Waals surface area contributed by atoms with Crippen molar-refractivity contribution in [3.63, 3.8) is 0 Å². The van der Waals surface area contributed by atoms with E-state index in [-0.39, 0.29) is 48.7 Å². The molecule has 24 heavy (non-hydrogen) atoms. The van der Waals surface area contributed by atoms with Crippen molar-refractivity contribution < 1.29 is 29.1 Å². The highest BCUT2D eigenvalue weighted by atomic mass is 16.4. The first-order valence-electron chi connectivity index (χ1n) is 8.08. The predicted molar refractivity (Wildman–Crippen MR) is 84.0 cm³/mol. The van der Waals surface area contributed by atoms with Gasteiger partial charge in [0, 0.05) is 24.7 Å². The molecule has 0 aromatic heterocycles. The molecule has 1 aliphatic rings. The van der Waals surface area contributed by atoms with Crippen LogP contribution in [0, 0.1) is 11.8 Å². The summed E-state index contributed by atoms with van der Waals surface area (Å²) in [6, 6.07) is 0. The average Bonchev–Trinajstić information content (AvgIpc) is 2.55. The number of hydrogen-bond acceptors (Lipinski definition) is 5. The van der Waals surface area contributed by atoms with E-state index in [1.807, 2.05) is 0 Å². The number of carboxylic acids is 1. The van der Waals surface area contributed by atoms with Gasteiger partial charge in [0.1, 0.15) is 12.3 Å². The topological polar surface area (TPSA) is 130 Å². The van der Waals surface area contributed by atoms with Crippen molar-refractivity contribution in [1.82, 2.24) is 10.6 Å². The largest absolute Gasteiger partial charge is 0.480 e. The van der Waals surface area contributed by atoms with Gasteiger partial charge < -0.3 is 15.7 Å². The Kier molecular flexibility index (Phi) is 8.08. The zero-order valence-electron chi connectivity index (χ0n) is 13.8. The zero-order valence-corrected chi connectivity index (χ0v) is 13.8. The standard InChI is InChI=1S/C16H24N2O6/c1-10(19)11-2-4-12(5-3-11)16(24)18-8-13(20)6-7-14(21)17-9-15(22)23/h11-12H,2-9H2,1H3,(H,17,21)(H,18,24)(H,22,23). The van der Waals surface area contributed by atoms with E-state index in [0.717, 1.165) is 0 Å². The number of carbonyl (C=O) groups excluding carboxylic acids is 4. The molecule has 8 heteroatoms. The first-order valence-corrected chi connectivity index (χ1v) is 8.08. The van der Waals surface area contributed by atoms with Crippen LogP contribution in [-0.4, -0.2) is 47.5 Å². The third kappa shape index (κ3) is 7.34. The average molecular weight is 340 g/mol. The Balaban J connectivity index is 2.20. The summed E-state index contributed by atoms with van der Waals surface area (Å²) in [7, 11) is 0. The van der Waals surface area contributed by atoms with Crippen molar-refractivity contribution in [3.05, 3.63) is 0 Å². The molecule has 0 aliphatic heterocycles. The number of ketones is 2. The van der Waals surface area contributed by atoms with Crippen LogP contribution in [0.1, 0.15) is 45.4 Å². The summed E-state index contributed by atoms with van der Waals surface area (Å²) in [6.45, 7) is 0.945. The second kappa shape index (κ2) is 9.79. The fraction of sp³-hybridized carbons (Fsp3) is 0.688. The van der Waals surface area contributed by atoms with Gasteiger partial charge in [-0.2, -0.15) is 0 Å². The number of rotatable bonds is 9. The summed E-state index contributed by atoms with van der Waals surface area (Å²) in [5.74, 6) is -2.12. The zero-order chi connectivity index (χ0) is 18.1. The molecule has 0 radical (unpaired) electrons. The van der Waals surface area contributed by atoms with Gasteiger partial charge in [0.05, 0.1) is 6.54 Å². The maximum absolute atomic E-state index is 12.0. The molecular formula is C16H24N2O6. The summed E-state index contributed by atoms with van der Waals surface area (Å²) in [6.07, 6.45) is 2.52. The van der Waals surface area contributed by atoms with E-state index in [4.69, 9.17) is 5.11 Å². The van der Waals surface area contributed by atoms with Crippen molar-refractivity contribution in [2.24, 2.45) is 11.8 Å². The van der Waals surface area contributed by atoms with Crippen LogP contribution in [0.3, 0.4) is 0 Å². The van der Waals surface area contributed by atoms with Crippen LogP contribution in [0.5, 0.6) is 0 Å². The highest BCUT2D eigenvalue weighted by molar-refractivity contribution is 5.90. The molecule has 1 rings (SSSR count). The number of nitrogens with one attached hydrogen (secondary N) is 2. The fourth-order valence-corrected chi connectivity index (χ4v) is 2.70.